The smallest absolute Gasteiger partial charge is 0.228 e. The molecule has 0 saturated carbocycles. The number of benzene rings is 2. The van der Waals surface area contributed by atoms with E-state index in [4.69, 9.17) is 0 Å². The maximum absolute atomic E-state index is 12.6. The van der Waals surface area contributed by atoms with E-state index in [1.165, 1.54) is 6.33 Å². The summed E-state index contributed by atoms with van der Waals surface area (Å²) >= 11 is 0. The van der Waals surface area contributed by atoms with Crippen LogP contribution in [0.15, 0.2) is 61.2 Å². The second-order valence-corrected chi connectivity index (χ2v) is 6.43. The molecule has 0 aliphatic carbocycles. The number of para-hydroxylation sites is 1. The third-order valence-corrected chi connectivity index (χ3v) is 4.66. The zero-order valence-corrected chi connectivity index (χ0v) is 15.2. The summed E-state index contributed by atoms with van der Waals surface area (Å²) in [5, 5.41) is 8.13. The van der Waals surface area contributed by atoms with E-state index in [0.29, 0.717) is 6.42 Å². The highest BCUT2D eigenvalue weighted by Gasteiger charge is 2.13. The molecule has 0 radical (unpaired) electrons. The number of fused-ring (bicyclic) bond motifs is 1. The fourth-order valence-electron chi connectivity index (χ4n) is 3.24. The Morgan fingerprint density at radius 3 is 2.59 bits per heavy atom. The van der Waals surface area contributed by atoms with Gasteiger partial charge in [-0.3, -0.25) is 9.78 Å². The van der Waals surface area contributed by atoms with Gasteiger partial charge in [-0.2, -0.15) is 5.10 Å². The van der Waals surface area contributed by atoms with Crippen molar-refractivity contribution in [2.75, 3.05) is 5.32 Å². The third-order valence-electron chi connectivity index (χ3n) is 4.66. The summed E-state index contributed by atoms with van der Waals surface area (Å²) < 4.78 is 1.67. The molecule has 4 aromatic rings. The molecule has 0 fully saturated rings. The van der Waals surface area contributed by atoms with Crippen LogP contribution in [0.1, 0.15) is 16.8 Å². The molecule has 0 bridgehead atoms. The number of hydrogen-bond donors (Lipinski definition) is 1. The van der Waals surface area contributed by atoms with E-state index < -0.39 is 0 Å². The van der Waals surface area contributed by atoms with Gasteiger partial charge in [-0.15, -0.1) is 0 Å². The summed E-state index contributed by atoms with van der Waals surface area (Å²) in [7, 11) is 0. The number of carbonyl (C=O) groups excluding carboxylic acids is 1. The van der Waals surface area contributed by atoms with Gasteiger partial charge in [-0.05, 0) is 55.3 Å². The van der Waals surface area contributed by atoms with Crippen molar-refractivity contribution in [1.82, 2.24) is 19.7 Å². The van der Waals surface area contributed by atoms with Crippen molar-refractivity contribution >= 4 is 22.5 Å². The first-order chi connectivity index (χ1) is 13.1. The van der Waals surface area contributed by atoms with Crippen molar-refractivity contribution < 1.29 is 4.79 Å². The molecular weight excluding hydrogens is 338 g/mol. The quantitative estimate of drug-likeness (QED) is 0.605. The number of aromatic nitrogens is 4. The van der Waals surface area contributed by atoms with Gasteiger partial charge in [0.2, 0.25) is 5.91 Å². The Hall–Kier alpha value is -3.54. The van der Waals surface area contributed by atoms with Crippen molar-refractivity contribution in [2.24, 2.45) is 0 Å². The molecule has 1 amide bonds. The van der Waals surface area contributed by atoms with E-state index in [2.05, 4.69) is 20.4 Å². The van der Waals surface area contributed by atoms with E-state index in [1.54, 1.807) is 11.0 Å². The minimum atomic E-state index is -0.0632. The number of carbonyl (C=O) groups is 1. The van der Waals surface area contributed by atoms with Crippen molar-refractivity contribution in [3.05, 3.63) is 78.0 Å². The molecular formula is C21H19N5O. The first-order valence-corrected chi connectivity index (χ1v) is 8.71. The molecule has 2 aromatic carbocycles. The molecule has 0 aliphatic rings. The van der Waals surface area contributed by atoms with Gasteiger partial charge in [-0.1, -0.05) is 18.2 Å². The van der Waals surface area contributed by atoms with Gasteiger partial charge in [0.25, 0.3) is 0 Å². The highest BCUT2D eigenvalue weighted by molar-refractivity contribution is 5.94. The maximum Gasteiger partial charge on any atom is 0.228 e. The lowest BCUT2D eigenvalue weighted by molar-refractivity contribution is -0.115. The van der Waals surface area contributed by atoms with Crippen LogP contribution in [0.3, 0.4) is 0 Å². The Bertz CT molecular complexity index is 1100. The Morgan fingerprint density at radius 2 is 1.85 bits per heavy atom. The highest BCUT2D eigenvalue weighted by atomic mass is 16.1. The molecule has 27 heavy (non-hydrogen) atoms. The maximum atomic E-state index is 12.6. The molecule has 0 atom stereocenters. The topological polar surface area (TPSA) is 72.7 Å². The first-order valence-electron chi connectivity index (χ1n) is 8.71. The number of aryl methyl sites for hydroxylation is 2. The molecule has 6 heteroatoms. The van der Waals surface area contributed by atoms with E-state index in [-0.39, 0.29) is 5.91 Å². The van der Waals surface area contributed by atoms with Crippen LogP contribution in [-0.2, 0) is 11.2 Å². The zero-order chi connectivity index (χ0) is 18.8. The number of hydrogen-bond acceptors (Lipinski definition) is 4. The van der Waals surface area contributed by atoms with Crippen molar-refractivity contribution in [1.29, 1.82) is 0 Å². The summed E-state index contributed by atoms with van der Waals surface area (Å²) in [6.45, 7) is 4.00. The molecule has 2 heterocycles. The summed E-state index contributed by atoms with van der Waals surface area (Å²) in [5.74, 6) is -0.0632. The predicted octanol–water partition coefficient (Wildman–Crippen LogP) is 3.61. The number of anilines is 1. The molecule has 0 spiro atoms. The largest absolute Gasteiger partial charge is 0.326 e. The van der Waals surface area contributed by atoms with Gasteiger partial charge >= 0.3 is 0 Å². The minimum Gasteiger partial charge on any atom is -0.326 e. The SMILES string of the molecule is Cc1nc2ccccc2c(C)c1CC(=O)Nc1ccc(-n2cncn2)cc1. The second kappa shape index (κ2) is 6.99. The highest BCUT2D eigenvalue weighted by Crippen LogP contribution is 2.23. The third kappa shape index (κ3) is 3.42. The Labute approximate surface area is 156 Å². The van der Waals surface area contributed by atoms with Crippen molar-refractivity contribution in [3.8, 4) is 5.69 Å². The molecule has 2 aromatic heterocycles. The normalized spacial score (nSPS) is 10.9. The van der Waals surface area contributed by atoms with Crippen LogP contribution < -0.4 is 5.32 Å². The standard InChI is InChI=1S/C21H19N5O/c1-14-18-5-3-4-6-20(18)24-15(2)19(14)11-21(27)25-16-7-9-17(10-8-16)26-13-22-12-23-26/h3-10,12-13H,11H2,1-2H3,(H,25,27). The molecule has 134 valence electrons. The zero-order valence-electron chi connectivity index (χ0n) is 15.2. The summed E-state index contributed by atoms with van der Waals surface area (Å²) in [4.78, 5) is 21.1. The van der Waals surface area contributed by atoms with E-state index in [1.807, 2.05) is 62.4 Å². The number of amides is 1. The monoisotopic (exact) mass is 357 g/mol. The second-order valence-electron chi connectivity index (χ2n) is 6.43. The van der Waals surface area contributed by atoms with E-state index in [0.717, 1.165) is 39.1 Å². The van der Waals surface area contributed by atoms with E-state index in [9.17, 15) is 4.79 Å². The molecule has 0 saturated heterocycles. The van der Waals surface area contributed by atoms with Gasteiger partial charge in [-0.25, -0.2) is 9.67 Å². The average Bonchev–Trinajstić information content (AvgIpc) is 3.20. The van der Waals surface area contributed by atoms with Gasteiger partial charge in [0, 0.05) is 16.8 Å². The molecule has 4 rings (SSSR count). The van der Waals surface area contributed by atoms with E-state index >= 15 is 0 Å². The van der Waals surface area contributed by atoms with Gasteiger partial charge in [0.1, 0.15) is 12.7 Å². The van der Waals surface area contributed by atoms with Crippen LogP contribution in [-0.4, -0.2) is 25.7 Å². The van der Waals surface area contributed by atoms with Crippen LogP contribution in [0.4, 0.5) is 5.69 Å². The van der Waals surface area contributed by atoms with Gasteiger partial charge in [0.15, 0.2) is 0 Å². The first kappa shape index (κ1) is 16.9. The van der Waals surface area contributed by atoms with Crippen molar-refractivity contribution in [3.63, 3.8) is 0 Å². The molecule has 0 unspecified atom stereocenters. The lowest BCUT2D eigenvalue weighted by Crippen LogP contribution is -2.16. The van der Waals surface area contributed by atoms with Crippen LogP contribution in [0.25, 0.3) is 16.6 Å². The lowest BCUT2D eigenvalue weighted by atomic mass is 9.99. The predicted molar refractivity (Wildman–Crippen MR) is 105 cm³/mol. The van der Waals surface area contributed by atoms with Crippen LogP contribution in [0, 0.1) is 13.8 Å². The summed E-state index contributed by atoms with van der Waals surface area (Å²) in [6, 6.07) is 15.5. The number of nitrogens with one attached hydrogen (secondary N) is 1. The van der Waals surface area contributed by atoms with Crippen molar-refractivity contribution in [2.45, 2.75) is 20.3 Å². The Morgan fingerprint density at radius 1 is 1.07 bits per heavy atom. The molecule has 1 N–H and O–H groups in total. The molecule has 6 nitrogen and oxygen atoms in total. The molecule has 0 aliphatic heterocycles. The summed E-state index contributed by atoms with van der Waals surface area (Å²) in [5.41, 5.74) is 5.56. The number of pyridine rings is 1. The van der Waals surface area contributed by atoms with Crippen LogP contribution in [0.2, 0.25) is 0 Å². The Kier molecular flexibility index (Phi) is 4.38. The average molecular weight is 357 g/mol. The van der Waals surface area contributed by atoms with Crippen LogP contribution >= 0.6 is 0 Å². The Balaban J connectivity index is 1.52. The van der Waals surface area contributed by atoms with Gasteiger partial charge < -0.3 is 5.32 Å². The lowest BCUT2D eigenvalue weighted by Gasteiger charge is -2.13. The summed E-state index contributed by atoms with van der Waals surface area (Å²) in [6.07, 6.45) is 3.41. The fourth-order valence-corrected chi connectivity index (χ4v) is 3.24. The minimum absolute atomic E-state index is 0.0632. The number of rotatable bonds is 4. The van der Waals surface area contributed by atoms with Gasteiger partial charge in [0.05, 0.1) is 17.6 Å². The fraction of sp³-hybridized carbons (Fsp3) is 0.143. The number of nitrogens with zero attached hydrogens (tertiary/aromatic N) is 4. The van der Waals surface area contributed by atoms with Crippen LogP contribution in [0.5, 0.6) is 0 Å².